The molecule has 104 valence electrons. The van der Waals surface area contributed by atoms with Gasteiger partial charge in [0.15, 0.2) is 0 Å². The van der Waals surface area contributed by atoms with Crippen molar-refractivity contribution in [2.45, 2.75) is 25.1 Å². The van der Waals surface area contributed by atoms with Crippen LogP contribution in [-0.2, 0) is 4.79 Å². The topological polar surface area (TPSA) is 20.3 Å². The van der Waals surface area contributed by atoms with Crippen LogP contribution in [0.15, 0.2) is 30.3 Å². The van der Waals surface area contributed by atoms with Crippen LogP contribution in [0.2, 0.25) is 0 Å². The predicted molar refractivity (Wildman–Crippen MR) is 68.7 cm³/mol. The molecule has 1 atom stereocenters. The molecule has 1 aromatic rings. The molecule has 1 saturated heterocycles. The van der Waals surface area contributed by atoms with Gasteiger partial charge in [0, 0.05) is 19.5 Å². The maximum Gasteiger partial charge on any atom is 0.486 e. The lowest BCUT2D eigenvalue weighted by Gasteiger charge is -2.28. The summed E-state index contributed by atoms with van der Waals surface area (Å²) in [5, 5.41) is 0. The molecule has 1 heterocycles. The van der Waals surface area contributed by atoms with Crippen molar-refractivity contribution >= 4 is 12.9 Å². The Labute approximate surface area is 110 Å². The van der Waals surface area contributed by atoms with Gasteiger partial charge >= 0.3 is 6.98 Å². The van der Waals surface area contributed by atoms with Crippen LogP contribution >= 0.6 is 0 Å². The summed E-state index contributed by atoms with van der Waals surface area (Å²) >= 11 is 0. The summed E-state index contributed by atoms with van der Waals surface area (Å²) in [6, 6.07) is 7.70. The second-order valence-electron chi connectivity index (χ2n) is 4.93. The van der Waals surface area contributed by atoms with E-state index in [2.05, 4.69) is 0 Å². The molecule has 0 radical (unpaired) electrons. The van der Waals surface area contributed by atoms with E-state index in [-0.39, 0.29) is 11.5 Å². The monoisotopic (exact) mass is 270 g/mol. The van der Waals surface area contributed by atoms with Crippen LogP contribution in [0.4, 0.5) is 12.9 Å². The van der Waals surface area contributed by atoms with Gasteiger partial charge in [-0.25, -0.2) is 0 Å². The van der Waals surface area contributed by atoms with Gasteiger partial charge in [0.2, 0.25) is 5.91 Å². The Kier molecular flexibility index (Phi) is 4.17. The van der Waals surface area contributed by atoms with Crippen molar-refractivity contribution in [2.75, 3.05) is 13.1 Å². The fourth-order valence-corrected chi connectivity index (χ4v) is 2.45. The Bertz CT molecular complexity index is 429. The molecule has 1 unspecified atom stereocenters. The van der Waals surface area contributed by atoms with Gasteiger partial charge in [-0.05, 0) is 18.7 Å². The molecule has 0 spiro atoms. The minimum atomic E-state index is -5.07. The van der Waals surface area contributed by atoms with Crippen LogP contribution < -0.4 is 0 Å². The molecular weight excluding hydrogens is 254 g/mol. The largest absolute Gasteiger partial charge is 0.486 e. The molecule has 19 heavy (non-hydrogen) atoms. The average Bonchev–Trinajstić information content (AvgIpc) is 2.89. The van der Waals surface area contributed by atoms with Gasteiger partial charge in [-0.15, -0.1) is 0 Å². The van der Waals surface area contributed by atoms with E-state index < -0.39 is 19.2 Å². The number of amides is 1. The standard InChI is InChI=1S/C13H16BF3NO/c15-14(16,17)12(11-6-2-1-3-7-11)10-13(19)18-8-4-5-9-18/h1-3,6-7,12H,4-5,8-10H2/q-1. The van der Waals surface area contributed by atoms with Crippen molar-refractivity contribution in [3.05, 3.63) is 35.9 Å². The molecular formula is C13H16BF3NO-. The van der Waals surface area contributed by atoms with Crippen molar-refractivity contribution in [3.63, 3.8) is 0 Å². The van der Waals surface area contributed by atoms with Crippen molar-refractivity contribution in [1.29, 1.82) is 0 Å². The highest BCUT2D eigenvalue weighted by molar-refractivity contribution is 6.60. The number of hydrogen-bond donors (Lipinski definition) is 0. The normalized spacial score (nSPS) is 17.5. The fraction of sp³-hybridized carbons (Fsp3) is 0.462. The van der Waals surface area contributed by atoms with Gasteiger partial charge in [0.05, 0.1) is 0 Å². The van der Waals surface area contributed by atoms with Crippen molar-refractivity contribution in [2.24, 2.45) is 0 Å². The smallest absolute Gasteiger partial charge is 0.448 e. The number of likely N-dealkylation sites (tertiary alicyclic amines) is 1. The molecule has 0 bridgehead atoms. The lowest BCUT2D eigenvalue weighted by atomic mass is 9.66. The Hall–Kier alpha value is -1.46. The summed E-state index contributed by atoms with van der Waals surface area (Å²) < 4.78 is 39.4. The number of carbonyl (C=O) groups is 1. The van der Waals surface area contributed by atoms with Crippen LogP contribution in [-0.4, -0.2) is 30.9 Å². The summed E-state index contributed by atoms with van der Waals surface area (Å²) in [6.07, 6.45) is 1.31. The number of rotatable bonds is 4. The van der Waals surface area contributed by atoms with Gasteiger partial charge in [-0.2, -0.15) is 0 Å². The molecule has 1 aliphatic heterocycles. The van der Waals surface area contributed by atoms with E-state index in [1.54, 1.807) is 18.2 Å². The molecule has 1 aliphatic rings. The van der Waals surface area contributed by atoms with Crippen LogP contribution in [0.25, 0.3) is 0 Å². The van der Waals surface area contributed by atoms with Crippen LogP contribution in [0.3, 0.4) is 0 Å². The zero-order valence-electron chi connectivity index (χ0n) is 10.6. The highest BCUT2D eigenvalue weighted by Crippen LogP contribution is 2.34. The first-order chi connectivity index (χ1) is 8.98. The van der Waals surface area contributed by atoms with Crippen molar-refractivity contribution in [3.8, 4) is 0 Å². The Balaban J connectivity index is 2.13. The zero-order chi connectivity index (χ0) is 13.9. The van der Waals surface area contributed by atoms with Crippen LogP contribution in [0.1, 0.15) is 30.6 Å². The minimum Gasteiger partial charge on any atom is -0.448 e. The van der Waals surface area contributed by atoms with Gasteiger partial charge < -0.3 is 17.8 Å². The molecule has 1 aromatic carbocycles. The maximum atomic E-state index is 13.1. The van der Waals surface area contributed by atoms with E-state index in [0.29, 0.717) is 13.1 Å². The third kappa shape index (κ3) is 3.52. The van der Waals surface area contributed by atoms with Crippen molar-refractivity contribution < 1.29 is 17.7 Å². The quantitative estimate of drug-likeness (QED) is 0.769. The lowest BCUT2D eigenvalue weighted by molar-refractivity contribution is -0.130. The molecule has 0 aliphatic carbocycles. The summed E-state index contributed by atoms with van der Waals surface area (Å²) in [4.78, 5) is 13.5. The molecule has 2 rings (SSSR count). The second kappa shape index (κ2) is 5.67. The summed E-state index contributed by atoms with van der Waals surface area (Å²) in [6.45, 7) is -3.89. The number of halogens is 3. The maximum absolute atomic E-state index is 13.1. The SMILES string of the molecule is O=C(CC(c1ccccc1)[B-](F)(F)F)N1CCCC1. The summed E-state index contributed by atoms with van der Waals surface area (Å²) in [5.74, 6) is -2.03. The zero-order valence-corrected chi connectivity index (χ0v) is 10.6. The molecule has 2 nitrogen and oxygen atoms in total. The van der Waals surface area contributed by atoms with E-state index in [1.165, 1.54) is 17.0 Å². The second-order valence-corrected chi connectivity index (χ2v) is 4.93. The first-order valence-electron chi connectivity index (χ1n) is 6.51. The van der Waals surface area contributed by atoms with Crippen molar-refractivity contribution in [1.82, 2.24) is 4.90 Å². The highest BCUT2D eigenvalue weighted by Gasteiger charge is 2.38. The van der Waals surface area contributed by atoms with E-state index >= 15 is 0 Å². The van der Waals surface area contributed by atoms with E-state index in [1.807, 2.05) is 0 Å². The Morgan fingerprint density at radius 3 is 2.26 bits per heavy atom. The molecule has 0 saturated carbocycles. The summed E-state index contributed by atoms with van der Waals surface area (Å²) in [5.41, 5.74) is 0.183. The van der Waals surface area contributed by atoms with E-state index in [0.717, 1.165) is 12.8 Å². The molecule has 1 amide bonds. The first kappa shape index (κ1) is 14.0. The van der Waals surface area contributed by atoms with Gasteiger partial charge in [-0.1, -0.05) is 35.9 Å². The van der Waals surface area contributed by atoms with Gasteiger partial charge in [0.1, 0.15) is 0 Å². The third-order valence-corrected chi connectivity index (χ3v) is 3.54. The number of carbonyl (C=O) groups excluding carboxylic acids is 1. The molecule has 6 heteroatoms. The Morgan fingerprint density at radius 2 is 1.74 bits per heavy atom. The molecule has 1 fully saturated rings. The molecule has 0 N–H and O–H groups in total. The summed E-state index contributed by atoms with van der Waals surface area (Å²) in [7, 11) is 0. The van der Waals surface area contributed by atoms with Crippen LogP contribution in [0, 0.1) is 0 Å². The highest BCUT2D eigenvalue weighted by atomic mass is 19.4. The lowest BCUT2D eigenvalue weighted by Crippen LogP contribution is -2.35. The number of benzene rings is 1. The molecule has 0 aromatic heterocycles. The van der Waals surface area contributed by atoms with E-state index in [4.69, 9.17) is 0 Å². The third-order valence-electron chi connectivity index (χ3n) is 3.54. The minimum absolute atomic E-state index is 0.183. The van der Waals surface area contributed by atoms with Gasteiger partial charge in [-0.3, -0.25) is 4.79 Å². The average molecular weight is 270 g/mol. The van der Waals surface area contributed by atoms with Crippen LogP contribution in [0.5, 0.6) is 0 Å². The van der Waals surface area contributed by atoms with Gasteiger partial charge in [0.25, 0.3) is 0 Å². The predicted octanol–water partition coefficient (Wildman–Crippen LogP) is 3.17. The van der Waals surface area contributed by atoms with E-state index in [9.17, 15) is 17.7 Å². The number of hydrogen-bond acceptors (Lipinski definition) is 1. The fourth-order valence-electron chi connectivity index (χ4n) is 2.45. The first-order valence-corrected chi connectivity index (χ1v) is 6.51. The Morgan fingerprint density at radius 1 is 1.16 bits per heavy atom. The number of nitrogens with zero attached hydrogens (tertiary/aromatic N) is 1.